The maximum Gasteiger partial charge on any atom is 0.336 e. The zero-order chi connectivity index (χ0) is 13.9. The summed E-state index contributed by atoms with van der Waals surface area (Å²) in [5.41, 5.74) is 6.43. The molecule has 0 saturated carbocycles. The molecule has 1 aromatic carbocycles. The highest BCUT2D eigenvalue weighted by Gasteiger charge is 2.22. The zero-order valence-corrected chi connectivity index (χ0v) is 12.2. The molecule has 2 nitrogen and oxygen atoms in total. The number of benzene rings is 1. The summed E-state index contributed by atoms with van der Waals surface area (Å²) < 4.78 is 0. The standard InChI is InChI=1S/C16H24O2/c1-6-11-10(5)12(7-2)15(16(17)18)14(9-4)13(11)8-3/h6-9H2,1-5H3,(H,17,18). The Morgan fingerprint density at radius 3 is 1.61 bits per heavy atom. The average Bonchev–Trinajstić information content (AvgIpc) is 2.36. The highest BCUT2D eigenvalue weighted by atomic mass is 16.4. The Hall–Kier alpha value is -1.31. The van der Waals surface area contributed by atoms with E-state index in [1.165, 1.54) is 16.7 Å². The van der Waals surface area contributed by atoms with Gasteiger partial charge < -0.3 is 5.11 Å². The number of carboxylic acid groups (broad SMARTS) is 1. The minimum absolute atomic E-state index is 0.562. The van der Waals surface area contributed by atoms with Crippen LogP contribution in [0.4, 0.5) is 0 Å². The number of carbonyl (C=O) groups is 1. The number of hydrogen-bond donors (Lipinski definition) is 1. The van der Waals surface area contributed by atoms with Crippen LogP contribution >= 0.6 is 0 Å². The molecule has 0 aromatic heterocycles. The van der Waals surface area contributed by atoms with Crippen molar-refractivity contribution in [2.45, 2.75) is 60.3 Å². The van der Waals surface area contributed by atoms with Crippen molar-refractivity contribution < 1.29 is 9.90 Å². The molecule has 0 spiro atoms. The van der Waals surface area contributed by atoms with Crippen LogP contribution in [0.25, 0.3) is 0 Å². The lowest BCUT2D eigenvalue weighted by Gasteiger charge is -2.21. The summed E-state index contributed by atoms with van der Waals surface area (Å²) in [7, 11) is 0. The molecule has 0 atom stereocenters. The minimum Gasteiger partial charge on any atom is -0.478 e. The summed E-state index contributed by atoms with van der Waals surface area (Å²) in [6, 6.07) is 0. The number of aromatic carboxylic acids is 1. The molecule has 2 heteroatoms. The van der Waals surface area contributed by atoms with Crippen molar-refractivity contribution in [3.63, 3.8) is 0 Å². The second-order valence-corrected chi connectivity index (χ2v) is 4.63. The van der Waals surface area contributed by atoms with E-state index in [0.29, 0.717) is 5.56 Å². The van der Waals surface area contributed by atoms with Crippen molar-refractivity contribution >= 4 is 5.97 Å². The van der Waals surface area contributed by atoms with Crippen molar-refractivity contribution in [2.24, 2.45) is 0 Å². The van der Waals surface area contributed by atoms with Crippen molar-refractivity contribution in [1.29, 1.82) is 0 Å². The lowest BCUT2D eigenvalue weighted by Crippen LogP contribution is -2.14. The lowest BCUT2D eigenvalue weighted by molar-refractivity contribution is 0.0694. The molecule has 1 N–H and O–H groups in total. The molecule has 0 fully saturated rings. The van der Waals surface area contributed by atoms with Crippen LogP contribution in [0.3, 0.4) is 0 Å². The van der Waals surface area contributed by atoms with Crippen LogP contribution in [0.5, 0.6) is 0 Å². The Bertz CT molecular complexity index is 459. The Balaban J connectivity index is 3.79. The van der Waals surface area contributed by atoms with Gasteiger partial charge in [0, 0.05) is 0 Å². The van der Waals surface area contributed by atoms with Gasteiger partial charge in [0.1, 0.15) is 0 Å². The van der Waals surface area contributed by atoms with Gasteiger partial charge in [0.05, 0.1) is 5.56 Å². The molecule has 0 heterocycles. The largest absolute Gasteiger partial charge is 0.478 e. The van der Waals surface area contributed by atoms with E-state index < -0.39 is 5.97 Å². The fraction of sp³-hybridized carbons (Fsp3) is 0.562. The van der Waals surface area contributed by atoms with E-state index in [9.17, 15) is 9.90 Å². The Kier molecular flexibility index (Phi) is 4.94. The highest BCUT2D eigenvalue weighted by Crippen LogP contribution is 2.30. The van der Waals surface area contributed by atoms with Crippen LogP contribution in [0.1, 0.15) is 65.9 Å². The summed E-state index contributed by atoms with van der Waals surface area (Å²) in [5.74, 6) is -0.774. The summed E-state index contributed by atoms with van der Waals surface area (Å²) >= 11 is 0. The van der Waals surface area contributed by atoms with E-state index >= 15 is 0 Å². The lowest BCUT2D eigenvalue weighted by atomic mass is 9.83. The normalized spacial score (nSPS) is 10.7. The number of carboxylic acids is 1. The maximum atomic E-state index is 11.6. The van der Waals surface area contributed by atoms with Crippen molar-refractivity contribution in [3.8, 4) is 0 Å². The zero-order valence-electron chi connectivity index (χ0n) is 12.2. The van der Waals surface area contributed by atoms with Crippen LogP contribution in [0, 0.1) is 6.92 Å². The first-order valence-electron chi connectivity index (χ1n) is 6.92. The molecule has 0 bridgehead atoms. The monoisotopic (exact) mass is 248 g/mol. The molecular weight excluding hydrogens is 224 g/mol. The van der Waals surface area contributed by atoms with E-state index in [0.717, 1.165) is 36.8 Å². The van der Waals surface area contributed by atoms with E-state index in [1.807, 2.05) is 6.92 Å². The van der Waals surface area contributed by atoms with Crippen molar-refractivity contribution in [1.82, 2.24) is 0 Å². The van der Waals surface area contributed by atoms with Crippen molar-refractivity contribution in [2.75, 3.05) is 0 Å². The first-order valence-corrected chi connectivity index (χ1v) is 6.92. The topological polar surface area (TPSA) is 37.3 Å². The quantitative estimate of drug-likeness (QED) is 0.857. The molecule has 1 aromatic rings. The molecule has 1 rings (SSSR count). The summed E-state index contributed by atoms with van der Waals surface area (Å²) in [6.45, 7) is 10.4. The van der Waals surface area contributed by atoms with Gasteiger partial charge in [-0.1, -0.05) is 27.7 Å². The first-order chi connectivity index (χ1) is 8.53. The smallest absolute Gasteiger partial charge is 0.336 e. The fourth-order valence-electron chi connectivity index (χ4n) is 3.11. The van der Waals surface area contributed by atoms with Crippen LogP contribution in [0.2, 0.25) is 0 Å². The number of rotatable bonds is 5. The van der Waals surface area contributed by atoms with Crippen LogP contribution in [-0.4, -0.2) is 11.1 Å². The van der Waals surface area contributed by atoms with E-state index in [4.69, 9.17) is 0 Å². The van der Waals surface area contributed by atoms with Crippen LogP contribution in [-0.2, 0) is 25.7 Å². The van der Waals surface area contributed by atoms with Gasteiger partial charge in [-0.15, -0.1) is 0 Å². The van der Waals surface area contributed by atoms with Gasteiger partial charge in [-0.05, 0) is 60.4 Å². The molecular formula is C16H24O2. The van der Waals surface area contributed by atoms with Crippen LogP contribution < -0.4 is 0 Å². The van der Waals surface area contributed by atoms with E-state index in [1.54, 1.807) is 0 Å². The Labute approximate surface area is 110 Å². The molecule has 0 unspecified atom stereocenters. The first kappa shape index (κ1) is 14.7. The molecule has 0 aliphatic heterocycles. The van der Waals surface area contributed by atoms with Gasteiger partial charge in [0.15, 0.2) is 0 Å². The molecule has 0 aliphatic rings. The minimum atomic E-state index is -0.774. The molecule has 0 saturated heterocycles. The SMILES string of the molecule is CCc1c(C)c(CC)c(C(=O)O)c(CC)c1CC. The third-order valence-corrected chi connectivity index (χ3v) is 3.87. The van der Waals surface area contributed by atoms with Gasteiger partial charge in [0.25, 0.3) is 0 Å². The predicted octanol–water partition coefficient (Wildman–Crippen LogP) is 3.94. The highest BCUT2D eigenvalue weighted by molar-refractivity contribution is 5.92. The third kappa shape index (κ3) is 2.29. The fourth-order valence-corrected chi connectivity index (χ4v) is 3.11. The summed E-state index contributed by atoms with van der Waals surface area (Å²) in [5, 5.41) is 9.52. The molecule has 0 amide bonds. The van der Waals surface area contributed by atoms with E-state index in [2.05, 4.69) is 27.7 Å². The van der Waals surface area contributed by atoms with Gasteiger partial charge in [-0.3, -0.25) is 0 Å². The third-order valence-electron chi connectivity index (χ3n) is 3.87. The average molecular weight is 248 g/mol. The van der Waals surface area contributed by atoms with Crippen molar-refractivity contribution in [3.05, 3.63) is 33.4 Å². The van der Waals surface area contributed by atoms with E-state index in [-0.39, 0.29) is 0 Å². The Morgan fingerprint density at radius 2 is 1.28 bits per heavy atom. The van der Waals surface area contributed by atoms with Gasteiger partial charge >= 0.3 is 5.97 Å². The Morgan fingerprint density at radius 1 is 0.833 bits per heavy atom. The molecule has 18 heavy (non-hydrogen) atoms. The predicted molar refractivity (Wildman–Crippen MR) is 75.7 cm³/mol. The van der Waals surface area contributed by atoms with Crippen LogP contribution in [0.15, 0.2) is 0 Å². The molecule has 100 valence electrons. The van der Waals surface area contributed by atoms with Gasteiger partial charge in [0.2, 0.25) is 0 Å². The van der Waals surface area contributed by atoms with Gasteiger partial charge in [-0.25, -0.2) is 4.79 Å². The number of hydrogen-bond acceptors (Lipinski definition) is 1. The summed E-state index contributed by atoms with van der Waals surface area (Å²) in [4.78, 5) is 11.6. The second kappa shape index (κ2) is 6.03. The molecule has 0 radical (unpaired) electrons. The van der Waals surface area contributed by atoms with Gasteiger partial charge in [-0.2, -0.15) is 0 Å². The summed E-state index contributed by atoms with van der Waals surface area (Å²) in [6.07, 6.45) is 3.48. The maximum absolute atomic E-state index is 11.6. The second-order valence-electron chi connectivity index (χ2n) is 4.63. The molecule has 0 aliphatic carbocycles.